The second-order valence-corrected chi connectivity index (χ2v) is 10.7. The quantitative estimate of drug-likeness (QED) is 0.340. The molecule has 1 aromatic carbocycles. The van der Waals surface area contributed by atoms with Crippen LogP contribution in [-0.2, 0) is 16.6 Å². The maximum Gasteiger partial charge on any atom is 0.243 e. The van der Waals surface area contributed by atoms with E-state index in [1.54, 1.807) is 41.0 Å². The second kappa shape index (κ2) is 13.5. The largest absolute Gasteiger partial charge is 0.370 e. The van der Waals surface area contributed by atoms with Gasteiger partial charge >= 0.3 is 0 Å². The lowest BCUT2D eigenvalue weighted by molar-refractivity contribution is 0.160. The Labute approximate surface area is 210 Å². The highest BCUT2D eigenvalue weighted by molar-refractivity contribution is 7.89. The van der Waals surface area contributed by atoms with Crippen molar-refractivity contribution in [3.63, 3.8) is 0 Å². The van der Waals surface area contributed by atoms with Gasteiger partial charge < -0.3 is 16.0 Å². The molecule has 35 heavy (non-hydrogen) atoms. The lowest BCUT2D eigenvalue weighted by Gasteiger charge is -2.35. The lowest BCUT2D eigenvalue weighted by atomic mass is 10.3. The van der Waals surface area contributed by atoms with E-state index < -0.39 is 10.0 Å². The lowest BCUT2D eigenvalue weighted by Crippen LogP contribution is -2.50. The van der Waals surface area contributed by atoms with E-state index in [0.717, 1.165) is 44.8 Å². The van der Waals surface area contributed by atoms with Crippen LogP contribution in [0.5, 0.6) is 0 Å². The molecule has 1 aliphatic rings. The third-order valence-corrected chi connectivity index (χ3v) is 8.17. The van der Waals surface area contributed by atoms with E-state index in [0.29, 0.717) is 30.2 Å². The minimum absolute atomic E-state index is 0.261. The Morgan fingerprint density at radius 3 is 2.49 bits per heavy atom. The molecule has 2 heterocycles. The highest BCUT2D eigenvalue weighted by Crippen LogP contribution is 2.20. The minimum Gasteiger partial charge on any atom is -0.370 e. The zero-order valence-electron chi connectivity index (χ0n) is 20.9. The average molecular weight is 502 g/mol. The molecule has 9 nitrogen and oxygen atoms in total. The van der Waals surface area contributed by atoms with Gasteiger partial charge in [0.1, 0.15) is 0 Å². The number of nitrogens with one attached hydrogen (secondary N) is 1. The number of sulfonamides is 1. The summed E-state index contributed by atoms with van der Waals surface area (Å²) >= 11 is 0. The molecule has 0 spiro atoms. The van der Waals surface area contributed by atoms with Crippen molar-refractivity contribution in [1.82, 2.24) is 19.1 Å². The van der Waals surface area contributed by atoms with Crippen LogP contribution in [-0.4, -0.2) is 85.8 Å². The third-order valence-electron chi connectivity index (χ3n) is 6.26. The average Bonchev–Trinajstić information content (AvgIpc) is 2.89. The molecule has 0 unspecified atom stereocenters. The Morgan fingerprint density at radius 2 is 1.86 bits per heavy atom. The van der Waals surface area contributed by atoms with Crippen molar-refractivity contribution in [1.29, 1.82) is 0 Å². The summed E-state index contributed by atoms with van der Waals surface area (Å²) in [5.74, 6) is 0.261. The van der Waals surface area contributed by atoms with Gasteiger partial charge in [0.15, 0.2) is 5.96 Å². The van der Waals surface area contributed by atoms with Gasteiger partial charge in [-0.15, -0.1) is 0 Å². The molecule has 2 aromatic rings. The summed E-state index contributed by atoms with van der Waals surface area (Å²) in [5.41, 5.74) is 7.61. The molecule has 3 N–H and O–H groups in total. The first kappa shape index (κ1) is 27.1. The monoisotopic (exact) mass is 501 g/mol. The number of aliphatic imine (C=N–C) groups is 1. The van der Waals surface area contributed by atoms with Gasteiger partial charge in [0.2, 0.25) is 10.0 Å². The SMILES string of the molecule is CCCCN(CC)CCN1CCN(S(=O)(=O)c2ccc(NC(N)=NCc3cccnc3)cc2)CC1. The molecule has 3 rings (SSSR count). The third kappa shape index (κ3) is 8.28. The normalized spacial score (nSPS) is 16.0. The summed E-state index contributed by atoms with van der Waals surface area (Å²) in [7, 11) is -3.52. The maximum atomic E-state index is 13.1. The fraction of sp³-hybridized carbons (Fsp3) is 0.520. The summed E-state index contributed by atoms with van der Waals surface area (Å²) in [4.78, 5) is 13.5. The van der Waals surface area contributed by atoms with Crippen molar-refractivity contribution < 1.29 is 8.42 Å². The van der Waals surface area contributed by atoms with Crippen LogP contribution in [0.15, 0.2) is 58.7 Å². The summed E-state index contributed by atoms with van der Waals surface area (Å²) in [5, 5.41) is 3.00. The topological polar surface area (TPSA) is 107 Å². The summed E-state index contributed by atoms with van der Waals surface area (Å²) in [6.45, 7) is 11.6. The molecule has 0 amide bonds. The van der Waals surface area contributed by atoms with Crippen LogP contribution in [0.25, 0.3) is 0 Å². The second-order valence-electron chi connectivity index (χ2n) is 8.75. The molecule has 192 valence electrons. The first-order valence-electron chi connectivity index (χ1n) is 12.4. The predicted octanol–water partition coefficient (Wildman–Crippen LogP) is 2.44. The molecular weight excluding hydrogens is 462 g/mol. The molecule has 0 bridgehead atoms. The maximum absolute atomic E-state index is 13.1. The number of anilines is 1. The fourth-order valence-electron chi connectivity index (χ4n) is 4.00. The fourth-order valence-corrected chi connectivity index (χ4v) is 5.42. The summed E-state index contributed by atoms with van der Waals surface area (Å²) in [6, 6.07) is 10.4. The number of nitrogens with zero attached hydrogens (tertiary/aromatic N) is 5. The first-order valence-corrected chi connectivity index (χ1v) is 13.9. The van der Waals surface area contributed by atoms with Gasteiger partial charge in [-0.05, 0) is 55.4 Å². The summed E-state index contributed by atoms with van der Waals surface area (Å²) < 4.78 is 27.9. The van der Waals surface area contributed by atoms with Crippen LogP contribution in [0.4, 0.5) is 5.69 Å². The van der Waals surface area contributed by atoms with E-state index >= 15 is 0 Å². The molecule has 0 saturated carbocycles. The van der Waals surface area contributed by atoms with Crippen LogP contribution in [0, 0.1) is 0 Å². The van der Waals surface area contributed by atoms with E-state index in [9.17, 15) is 8.42 Å². The molecule has 0 radical (unpaired) electrons. The number of unbranched alkanes of at least 4 members (excludes halogenated alkanes) is 1. The van der Waals surface area contributed by atoms with Crippen molar-refractivity contribution >= 4 is 21.7 Å². The van der Waals surface area contributed by atoms with Crippen LogP contribution in [0.1, 0.15) is 32.3 Å². The van der Waals surface area contributed by atoms with E-state index in [1.807, 2.05) is 12.1 Å². The minimum atomic E-state index is -3.52. The number of nitrogens with two attached hydrogens (primary N) is 1. The Morgan fingerprint density at radius 1 is 1.11 bits per heavy atom. The van der Waals surface area contributed by atoms with Crippen molar-refractivity contribution in [2.45, 2.75) is 38.1 Å². The molecule has 1 fully saturated rings. The zero-order valence-corrected chi connectivity index (χ0v) is 21.8. The molecule has 0 aliphatic carbocycles. The van der Waals surface area contributed by atoms with Gasteiger partial charge in [-0.25, -0.2) is 13.4 Å². The molecule has 1 saturated heterocycles. The van der Waals surface area contributed by atoms with Crippen LogP contribution < -0.4 is 11.1 Å². The van der Waals surface area contributed by atoms with Crippen LogP contribution in [0.2, 0.25) is 0 Å². The van der Waals surface area contributed by atoms with Crippen LogP contribution >= 0.6 is 0 Å². The van der Waals surface area contributed by atoms with Gasteiger partial charge in [-0.1, -0.05) is 26.3 Å². The van der Waals surface area contributed by atoms with Crippen molar-refractivity contribution in [2.75, 3.05) is 57.7 Å². The van der Waals surface area contributed by atoms with E-state index in [2.05, 4.69) is 38.9 Å². The highest BCUT2D eigenvalue weighted by Gasteiger charge is 2.28. The number of rotatable bonds is 12. The Kier molecular flexibility index (Phi) is 10.5. The first-order chi connectivity index (χ1) is 16.9. The van der Waals surface area contributed by atoms with Gasteiger partial charge in [0, 0.05) is 57.3 Å². The Bertz CT molecular complexity index is 1020. The van der Waals surface area contributed by atoms with E-state index in [1.165, 1.54) is 12.8 Å². The Hall–Kier alpha value is -2.53. The van der Waals surface area contributed by atoms with Gasteiger partial charge in [-0.3, -0.25) is 9.88 Å². The van der Waals surface area contributed by atoms with Crippen molar-refractivity contribution in [2.24, 2.45) is 10.7 Å². The van der Waals surface area contributed by atoms with Gasteiger partial charge in [-0.2, -0.15) is 4.31 Å². The number of guanidine groups is 1. The standard InChI is InChI=1S/C25H39N7O2S/c1-3-5-13-30(4-2)14-15-31-16-18-32(19-17-31)35(33,34)24-10-8-23(9-11-24)29-25(26)28-21-22-7-6-12-27-20-22/h6-12,20H,3-5,13-19,21H2,1-2H3,(H3,26,28,29). The number of likely N-dealkylation sites (N-methyl/N-ethyl adjacent to an activating group) is 1. The smallest absolute Gasteiger partial charge is 0.243 e. The molecule has 10 heteroatoms. The van der Waals surface area contributed by atoms with E-state index in [4.69, 9.17) is 5.73 Å². The zero-order chi connectivity index (χ0) is 25.1. The highest BCUT2D eigenvalue weighted by atomic mass is 32.2. The number of piperazine rings is 1. The van der Waals surface area contributed by atoms with Crippen LogP contribution in [0.3, 0.4) is 0 Å². The number of hydrogen-bond acceptors (Lipinski definition) is 6. The molecular formula is C25H39N7O2S. The summed E-state index contributed by atoms with van der Waals surface area (Å²) in [6.07, 6.45) is 5.87. The number of pyridine rings is 1. The number of benzene rings is 1. The van der Waals surface area contributed by atoms with Gasteiger partial charge in [0.25, 0.3) is 0 Å². The molecule has 1 aromatic heterocycles. The van der Waals surface area contributed by atoms with Crippen molar-refractivity contribution in [3.05, 3.63) is 54.4 Å². The predicted molar refractivity (Wildman–Crippen MR) is 142 cm³/mol. The van der Waals surface area contributed by atoms with Gasteiger partial charge in [0.05, 0.1) is 11.4 Å². The van der Waals surface area contributed by atoms with E-state index in [-0.39, 0.29) is 5.96 Å². The number of aromatic nitrogens is 1. The molecule has 1 aliphatic heterocycles. The van der Waals surface area contributed by atoms with Crippen molar-refractivity contribution in [3.8, 4) is 0 Å². The molecule has 0 atom stereocenters. The Balaban J connectivity index is 1.49. The number of hydrogen-bond donors (Lipinski definition) is 2.